The van der Waals surface area contributed by atoms with E-state index in [0.717, 1.165) is 25.2 Å². The van der Waals surface area contributed by atoms with E-state index in [2.05, 4.69) is 18.2 Å². The number of ether oxygens (including phenoxy) is 2. The zero-order chi connectivity index (χ0) is 14.7. The van der Waals surface area contributed by atoms with Crippen LogP contribution in [0.25, 0.3) is 0 Å². The number of anilines is 1. The fourth-order valence-corrected chi connectivity index (χ4v) is 2.44. The molecule has 0 aliphatic carbocycles. The van der Waals surface area contributed by atoms with Gasteiger partial charge in [-0.3, -0.25) is 0 Å². The minimum atomic E-state index is 0.470. The van der Waals surface area contributed by atoms with Crippen molar-refractivity contribution in [3.05, 3.63) is 53.1 Å². The first kappa shape index (κ1) is 13.3. The molecule has 0 aromatic heterocycles. The molecule has 0 radical (unpaired) electrons. The summed E-state index contributed by atoms with van der Waals surface area (Å²) < 4.78 is 11.2. The number of nitriles is 1. The van der Waals surface area contributed by atoms with Crippen LogP contribution in [0.1, 0.15) is 16.7 Å². The second-order valence-corrected chi connectivity index (χ2v) is 5.01. The molecule has 0 fully saturated rings. The highest BCUT2D eigenvalue weighted by molar-refractivity contribution is 5.53. The summed E-state index contributed by atoms with van der Waals surface area (Å²) in [6.45, 7) is 1.30. The Morgan fingerprint density at radius 1 is 1.24 bits per heavy atom. The highest BCUT2D eigenvalue weighted by Gasteiger charge is 2.12. The van der Waals surface area contributed by atoms with Gasteiger partial charge in [-0.1, -0.05) is 12.1 Å². The molecule has 1 heterocycles. The number of benzene rings is 2. The normalized spacial score (nSPS) is 12.3. The van der Waals surface area contributed by atoms with E-state index < -0.39 is 0 Å². The van der Waals surface area contributed by atoms with Crippen LogP contribution in [-0.2, 0) is 12.8 Å². The topological polar surface area (TPSA) is 68.3 Å². The number of nitrogens with zero attached hydrogens (tertiary/aromatic N) is 1. The maximum atomic E-state index is 9.07. The first-order valence-corrected chi connectivity index (χ1v) is 6.93. The third-order valence-electron chi connectivity index (χ3n) is 3.53. The van der Waals surface area contributed by atoms with Crippen LogP contribution in [0.5, 0.6) is 11.5 Å². The summed E-state index contributed by atoms with van der Waals surface area (Å²) in [6.07, 6.45) is 1.77. The lowest BCUT2D eigenvalue weighted by Crippen LogP contribution is -2.03. The van der Waals surface area contributed by atoms with E-state index >= 15 is 0 Å². The summed E-state index contributed by atoms with van der Waals surface area (Å²) in [5.74, 6) is 1.57. The molecule has 0 atom stereocenters. The van der Waals surface area contributed by atoms with E-state index in [-0.39, 0.29) is 0 Å². The average molecular weight is 280 g/mol. The van der Waals surface area contributed by atoms with Gasteiger partial charge in [-0.2, -0.15) is 5.26 Å². The maximum absolute atomic E-state index is 9.07. The Balaban J connectivity index is 1.63. The summed E-state index contributed by atoms with van der Waals surface area (Å²) in [4.78, 5) is 0. The summed E-state index contributed by atoms with van der Waals surface area (Å²) in [7, 11) is 0. The van der Waals surface area contributed by atoms with Crippen molar-refractivity contribution in [2.24, 2.45) is 0 Å². The number of rotatable bonds is 4. The van der Waals surface area contributed by atoms with E-state index in [1.165, 1.54) is 11.1 Å². The van der Waals surface area contributed by atoms with Gasteiger partial charge in [0, 0.05) is 18.5 Å². The van der Waals surface area contributed by atoms with E-state index in [4.69, 9.17) is 20.5 Å². The summed E-state index contributed by atoms with van der Waals surface area (Å²) in [5.41, 5.74) is 9.17. The Labute approximate surface area is 123 Å². The molecule has 0 amide bonds. The van der Waals surface area contributed by atoms with Crippen LogP contribution in [0.4, 0.5) is 5.69 Å². The van der Waals surface area contributed by atoms with Crippen molar-refractivity contribution in [3.8, 4) is 17.6 Å². The molecule has 2 aromatic carbocycles. The molecule has 1 aliphatic heterocycles. The molecular weight excluding hydrogens is 264 g/mol. The molecule has 0 bridgehead atoms. The molecule has 0 saturated heterocycles. The Morgan fingerprint density at radius 3 is 3.00 bits per heavy atom. The highest BCUT2D eigenvalue weighted by Crippen LogP contribution is 2.26. The van der Waals surface area contributed by atoms with Gasteiger partial charge in [0.15, 0.2) is 0 Å². The quantitative estimate of drug-likeness (QED) is 0.874. The van der Waals surface area contributed by atoms with Gasteiger partial charge in [0.05, 0.1) is 18.8 Å². The minimum absolute atomic E-state index is 0.470. The predicted molar refractivity (Wildman–Crippen MR) is 80.4 cm³/mol. The zero-order valence-electron chi connectivity index (χ0n) is 11.6. The minimum Gasteiger partial charge on any atom is -0.493 e. The molecular formula is C17H16N2O2. The van der Waals surface area contributed by atoms with Crippen LogP contribution in [0.3, 0.4) is 0 Å². The molecule has 4 heteroatoms. The van der Waals surface area contributed by atoms with Crippen molar-refractivity contribution in [3.63, 3.8) is 0 Å². The largest absolute Gasteiger partial charge is 0.493 e. The average Bonchev–Trinajstić information content (AvgIpc) is 2.96. The second-order valence-electron chi connectivity index (χ2n) is 5.01. The molecule has 0 saturated carbocycles. The predicted octanol–water partition coefficient (Wildman–Crippen LogP) is 2.70. The van der Waals surface area contributed by atoms with Crippen LogP contribution in [0.15, 0.2) is 36.4 Å². The SMILES string of the molecule is N#Cc1cc(N)ccc1OCCc1ccc2c(c1)CCO2. The van der Waals surface area contributed by atoms with E-state index in [0.29, 0.717) is 23.6 Å². The maximum Gasteiger partial charge on any atom is 0.137 e. The van der Waals surface area contributed by atoms with Gasteiger partial charge in [-0.25, -0.2) is 0 Å². The van der Waals surface area contributed by atoms with E-state index in [1.54, 1.807) is 18.2 Å². The third-order valence-corrected chi connectivity index (χ3v) is 3.53. The lowest BCUT2D eigenvalue weighted by Gasteiger charge is -2.09. The van der Waals surface area contributed by atoms with Gasteiger partial charge in [-0.05, 0) is 35.4 Å². The standard InChI is InChI=1S/C17H16N2O2/c18-11-14-10-15(19)2-4-17(14)20-7-5-12-1-3-16-13(9-12)6-8-21-16/h1-4,9-10H,5-8,19H2. The van der Waals surface area contributed by atoms with Gasteiger partial charge in [-0.15, -0.1) is 0 Å². The Kier molecular flexibility index (Phi) is 3.65. The fraction of sp³-hybridized carbons (Fsp3) is 0.235. The second kappa shape index (κ2) is 5.76. The number of nitrogen functional groups attached to an aromatic ring is 1. The molecule has 106 valence electrons. The van der Waals surface area contributed by atoms with Crippen LogP contribution in [0, 0.1) is 11.3 Å². The Morgan fingerprint density at radius 2 is 2.14 bits per heavy atom. The smallest absolute Gasteiger partial charge is 0.137 e. The highest BCUT2D eigenvalue weighted by atomic mass is 16.5. The van der Waals surface area contributed by atoms with Crippen molar-refractivity contribution in [1.29, 1.82) is 5.26 Å². The van der Waals surface area contributed by atoms with Crippen molar-refractivity contribution < 1.29 is 9.47 Å². The molecule has 0 unspecified atom stereocenters. The van der Waals surface area contributed by atoms with Crippen LogP contribution in [-0.4, -0.2) is 13.2 Å². The van der Waals surface area contributed by atoms with Crippen LogP contribution >= 0.6 is 0 Å². The number of hydrogen-bond acceptors (Lipinski definition) is 4. The van der Waals surface area contributed by atoms with E-state index in [9.17, 15) is 0 Å². The van der Waals surface area contributed by atoms with Crippen molar-refractivity contribution in [2.75, 3.05) is 18.9 Å². The molecule has 2 aromatic rings. The van der Waals surface area contributed by atoms with Gasteiger partial charge in [0.25, 0.3) is 0 Å². The first-order valence-electron chi connectivity index (χ1n) is 6.93. The van der Waals surface area contributed by atoms with E-state index in [1.807, 2.05) is 6.07 Å². The van der Waals surface area contributed by atoms with Crippen LogP contribution < -0.4 is 15.2 Å². The first-order chi connectivity index (χ1) is 10.3. The Bertz CT molecular complexity index is 704. The molecule has 21 heavy (non-hydrogen) atoms. The molecule has 2 N–H and O–H groups in total. The summed E-state index contributed by atoms with van der Waals surface area (Å²) in [5, 5.41) is 9.07. The van der Waals surface area contributed by atoms with Crippen molar-refractivity contribution >= 4 is 5.69 Å². The number of fused-ring (bicyclic) bond motifs is 1. The molecule has 1 aliphatic rings. The van der Waals surface area contributed by atoms with Crippen molar-refractivity contribution in [2.45, 2.75) is 12.8 Å². The molecule has 3 rings (SSSR count). The van der Waals surface area contributed by atoms with Gasteiger partial charge in [0.2, 0.25) is 0 Å². The van der Waals surface area contributed by atoms with Crippen molar-refractivity contribution in [1.82, 2.24) is 0 Å². The monoisotopic (exact) mass is 280 g/mol. The Hall–Kier alpha value is -2.67. The lowest BCUT2D eigenvalue weighted by molar-refractivity contribution is 0.321. The number of hydrogen-bond donors (Lipinski definition) is 1. The van der Waals surface area contributed by atoms with Gasteiger partial charge in [0.1, 0.15) is 17.6 Å². The van der Waals surface area contributed by atoms with Gasteiger partial charge >= 0.3 is 0 Å². The number of nitrogens with two attached hydrogens (primary N) is 1. The molecule has 4 nitrogen and oxygen atoms in total. The lowest BCUT2D eigenvalue weighted by atomic mass is 10.1. The third kappa shape index (κ3) is 2.92. The fourth-order valence-electron chi connectivity index (χ4n) is 2.44. The zero-order valence-corrected chi connectivity index (χ0v) is 11.6. The van der Waals surface area contributed by atoms with Crippen LogP contribution in [0.2, 0.25) is 0 Å². The summed E-state index contributed by atoms with van der Waals surface area (Å²) in [6, 6.07) is 13.4. The molecule has 0 spiro atoms. The summed E-state index contributed by atoms with van der Waals surface area (Å²) >= 11 is 0. The van der Waals surface area contributed by atoms with Gasteiger partial charge < -0.3 is 15.2 Å².